The molecule has 0 bridgehead atoms. The minimum atomic E-state index is -0.0257. The number of anilines is 3. The molecule has 0 fully saturated rings. The SMILES string of the molecule is O=C1C=Cc2ccccc2/C1=C/Nc1ccc(Oc2ccc(N/C=C3\C(=O)C=Cc4ccccc43)cc2)cc1.O=C1C=Cc2ccccc2/C1=C/Nc1ccc(Oc2ccc([NH+]=Cc3c([O-])ccc4ccccc34)cc2)cc1. The Morgan fingerprint density at radius 1 is 0.372 bits per heavy atom. The number of carbonyl (C=O) groups is 3. The van der Waals surface area contributed by atoms with Crippen molar-refractivity contribution < 1.29 is 34.0 Å². The molecule has 0 heterocycles. The molecule has 0 aromatic heterocycles. The number of hydrogen-bond acceptors (Lipinski definition) is 9. The number of carbonyl (C=O) groups excluding carboxylic acids is 3. The van der Waals surface area contributed by atoms with Crippen LogP contribution in [-0.2, 0) is 14.4 Å². The van der Waals surface area contributed by atoms with Crippen LogP contribution < -0.4 is 35.5 Å². The summed E-state index contributed by atoms with van der Waals surface area (Å²) in [6, 6.07) is 64.9. The van der Waals surface area contributed by atoms with Gasteiger partial charge < -0.3 is 30.5 Å². The number of fused-ring (bicyclic) bond motifs is 4. The Labute approximate surface area is 450 Å². The Morgan fingerprint density at radius 2 is 0.731 bits per heavy atom. The first kappa shape index (κ1) is 49.4. The molecular weight excluding hydrogens is 969 g/mol. The van der Waals surface area contributed by atoms with E-state index in [1.54, 1.807) is 49.1 Å². The maximum absolute atomic E-state index is 12.4. The maximum atomic E-state index is 12.4. The summed E-state index contributed by atoms with van der Waals surface area (Å²) in [6.45, 7) is 0. The average Bonchev–Trinajstić information content (AvgIpc) is 3.52. The van der Waals surface area contributed by atoms with E-state index in [9.17, 15) is 19.5 Å². The van der Waals surface area contributed by atoms with Crippen molar-refractivity contribution in [3.63, 3.8) is 0 Å². The van der Waals surface area contributed by atoms with Crippen LogP contribution in [0.15, 0.2) is 243 Å². The van der Waals surface area contributed by atoms with E-state index in [1.807, 2.05) is 218 Å². The van der Waals surface area contributed by atoms with Crippen molar-refractivity contribution >= 4 is 92.0 Å². The third kappa shape index (κ3) is 11.4. The highest BCUT2D eigenvalue weighted by Gasteiger charge is 2.19. The van der Waals surface area contributed by atoms with Crippen LogP contribution in [0.5, 0.6) is 28.7 Å². The van der Waals surface area contributed by atoms with E-state index in [4.69, 9.17) is 9.47 Å². The summed E-state index contributed by atoms with van der Waals surface area (Å²) in [5.74, 6) is 2.65. The molecule has 0 spiro atoms. The molecule has 10 heteroatoms. The molecule has 0 amide bonds. The lowest BCUT2D eigenvalue weighted by molar-refractivity contribution is -0.347. The largest absolute Gasteiger partial charge is 0.872 e. The van der Waals surface area contributed by atoms with Crippen LogP contribution in [0.1, 0.15) is 38.9 Å². The second-order valence-corrected chi connectivity index (χ2v) is 18.3. The van der Waals surface area contributed by atoms with Gasteiger partial charge in [-0.25, -0.2) is 4.99 Å². The second kappa shape index (κ2) is 22.7. The Hall–Kier alpha value is -10.8. The van der Waals surface area contributed by atoms with Crippen molar-refractivity contribution in [2.45, 2.75) is 0 Å². The zero-order valence-electron chi connectivity index (χ0n) is 41.9. The topological polar surface area (TPSA) is 143 Å². The lowest BCUT2D eigenvalue weighted by Gasteiger charge is -2.14. The monoisotopic (exact) mass is 1020 g/mol. The molecule has 78 heavy (non-hydrogen) atoms. The molecule has 9 aromatic carbocycles. The fraction of sp³-hybridized carbons (Fsp3) is 0. The van der Waals surface area contributed by atoms with Crippen molar-refractivity contribution in [3.05, 3.63) is 282 Å². The van der Waals surface area contributed by atoms with Gasteiger partial charge in [0.2, 0.25) is 5.69 Å². The molecule has 0 aliphatic heterocycles. The summed E-state index contributed by atoms with van der Waals surface area (Å²) in [7, 11) is 0. The molecular formula is C68H48N4O6. The summed E-state index contributed by atoms with van der Waals surface area (Å²) in [5.41, 5.74) is 11.7. The molecule has 3 aliphatic rings. The molecule has 9 aromatic rings. The van der Waals surface area contributed by atoms with Gasteiger partial charge in [0.15, 0.2) is 23.6 Å². The minimum absolute atomic E-state index is 0.0257. The van der Waals surface area contributed by atoms with Gasteiger partial charge >= 0.3 is 0 Å². The standard InChI is InChI=1S/2C34H24N2O3/c2*37-33-19-9-23-5-1-3-7-29(23)31(33)21-35-25-11-15-27(16-12-25)39-28-17-13-26(14-18-28)36-22-32-30-8-4-2-6-24(30)10-20-34(32)38/h1-22,35,38H;1-22,35-36H/b31-21-,36-22?;31-21-,32-22-. The highest BCUT2D eigenvalue weighted by molar-refractivity contribution is 6.31. The Kier molecular flexibility index (Phi) is 14.4. The van der Waals surface area contributed by atoms with E-state index < -0.39 is 0 Å². The predicted molar refractivity (Wildman–Crippen MR) is 311 cm³/mol. The summed E-state index contributed by atoms with van der Waals surface area (Å²) in [5, 5.41) is 24.0. The average molecular weight is 1020 g/mol. The van der Waals surface area contributed by atoms with Gasteiger partial charge in [-0.2, -0.15) is 0 Å². The zero-order chi connectivity index (χ0) is 53.2. The number of hydrogen-bond donors (Lipinski definition) is 4. The first-order valence-corrected chi connectivity index (χ1v) is 25.2. The zero-order valence-corrected chi connectivity index (χ0v) is 41.9. The van der Waals surface area contributed by atoms with Gasteiger partial charge in [-0.3, -0.25) is 14.4 Å². The lowest BCUT2D eigenvalue weighted by Crippen LogP contribution is -2.61. The van der Waals surface area contributed by atoms with Crippen molar-refractivity contribution in [2.75, 3.05) is 16.0 Å². The smallest absolute Gasteiger partial charge is 0.203 e. The molecule has 376 valence electrons. The van der Waals surface area contributed by atoms with Gasteiger partial charge in [-0.1, -0.05) is 133 Å². The highest BCUT2D eigenvalue weighted by Crippen LogP contribution is 2.32. The van der Waals surface area contributed by atoms with Gasteiger partial charge in [0, 0.05) is 70.1 Å². The predicted octanol–water partition coefficient (Wildman–Crippen LogP) is 13.2. The number of benzene rings is 9. The normalized spacial score (nSPS) is 14.7. The summed E-state index contributed by atoms with van der Waals surface area (Å²) in [6.07, 6.45) is 17.3. The molecule has 12 rings (SSSR count). The maximum Gasteiger partial charge on any atom is 0.203 e. The Morgan fingerprint density at radius 3 is 1.14 bits per heavy atom. The Balaban J connectivity index is 0.000000165. The van der Waals surface area contributed by atoms with E-state index >= 15 is 0 Å². The minimum Gasteiger partial charge on any atom is -0.872 e. The first-order chi connectivity index (χ1) is 38.3. The van der Waals surface area contributed by atoms with Crippen molar-refractivity contribution in [1.82, 2.24) is 0 Å². The fourth-order valence-electron chi connectivity index (χ4n) is 9.07. The third-order valence-electron chi connectivity index (χ3n) is 13.1. The van der Waals surface area contributed by atoms with Gasteiger partial charge in [-0.05, 0) is 147 Å². The quantitative estimate of drug-likeness (QED) is 0.0695. The Bertz CT molecular complexity index is 3850. The van der Waals surface area contributed by atoms with Crippen molar-refractivity contribution in [1.29, 1.82) is 0 Å². The van der Waals surface area contributed by atoms with E-state index in [0.717, 1.165) is 66.9 Å². The van der Waals surface area contributed by atoms with Crippen LogP contribution in [0.3, 0.4) is 0 Å². The van der Waals surface area contributed by atoms with Gasteiger partial charge in [0.1, 0.15) is 23.0 Å². The highest BCUT2D eigenvalue weighted by atomic mass is 16.5. The van der Waals surface area contributed by atoms with Crippen LogP contribution in [-0.4, -0.2) is 23.6 Å². The number of rotatable bonds is 12. The van der Waals surface area contributed by atoms with Gasteiger partial charge in [0.25, 0.3) is 0 Å². The van der Waals surface area contributed by atoms with Crippen LogP contribution in [0.25, 0.3) is 45.7 Å². The van der Waals surface area contributed by atoms with Crippen molar-refractivity contribution in [2.24, 2.45) is 0 Å². The summed E-state index contributed by atoms with van der Waals surface area (Å²) >= 11 is 0. The van der Waals surface area contributed by atoms with Gasteiger partial charge in [0.05, 0.1) is 0 Å². The summed E-state index contributed by atoms with van der Waals surface area (Å²) in [4.78, 5) is 40.4. The molecule has 3 aliphatic carbocycles. The summed E-state index contributed by atoms with van der Waals surface area (Å²) < 4.78 is 12.0. The van der Waals surface area contributed by atoms with E-state index in [-0.39, 0.29) is 23.1 Å². The van der Waals surface area contributed by atoms with E-state index in [2.05, 4.69) is 20.9 Å². The fourth-order valence-corrected chi connectivity index (χ4v) is 9.07. The molecule has 0 unspecified atom stereocenters. The number of ether oxygens (including phenoxy) is 2. The molecule has 0 radical (unpaired) electrons. The molecule has 0 atom stereocenters. The lowest BCUT2D eigenvalue weighted by atomic mass is 9.92. The first-order valence-electron chi connectivity index (χ1n) is 25.2. The number of ketones is 3. The third-order valence-corrected chi connectivity index (χ3v) is 13.1. The van der Waals surface area contributed by atoms with Crippen LogP contribution >= 0.6 is 0 Å². The van der Waals surface area contributed by atoms with E-state index in [1.165, 1.54) is 0 Å². The van der Waals surface area contributed by atoms with Gasteiger partial charge in [-0.15, -0.1) is 0 Å². The van der Waals surface area contributed by atoms with E-state index in [0.29, 0.717) is 45.3 Å². The number of allylic oxidation sites excluding steroid dienone is 6. The van der Waals surface area contributed by atoms with Crippen LogP contribution in [0, 0.1) is 0 Å². The van der Waals surface area contributed by atoms with Crippen LogP contribution in [0.2, 0.25) is 0 Å². The number of nitrogens with one attached hydrogen (secondary N) is 4. The molecule has 10 nitrogen and oxygen atoms in total. The van der Waals surface area contributed by atoms with Crippen LogP contribution in [0.4, 0.5) is 22.7 Å². The van der Waals surface area contributed by atoms with Crippen molar-refractivity contribution in [3.8, 4) is 28.7 Å². The molecule has 0 saturated carbocycles. The molecule has 0 saturated heterocycles. The molecule has 4 N–H and O–H groups in total. The second-order valence-electron chi connectivity index (χ2n) is 18.3.